The molecule has 0 bridgehead atoms. The summed E-state index contributed by atoms with van der Waals surface area (Å²) < 4.78 is 2.05. The number of rotatable bonds is 2. The Morgan fingerprint density at radius 2 is 2.12 bits per heavy atom. The third kappa shape index (κ3) is 2.92. The number of carbonyl (C=O) groups is 1. The van der Waals surface area contributed by atoms with Crippen molar-refractivity contribution < 1.29 is 4.79 Å². The van der Waals surface area contributed by atoms with Gasteiger partial charge in [0.2, 0.25) is 0 Å². The molecular formula is C20H23N5O. The summed E-state index contributed by atoms with van der Waals surface area (Å²) in [5, 5.41) is 3.05. The summed E-state index contributed by atoms with van der Waals surface area (Å²) in [7, 11) is 2.00. The Hall–Kier alpha value is -2.89. The van der Waals surface area contributed by atoms with E-state index in [0.717, 1.165) is 46.8 Å². The monoisotopic (exact) mass is 349 g/mol. The Morgan fingerprint density at radius 3 is 2.92 bits per heavy atom. The Morgan fingerprint density at radius 1 is 1.27 bits per heavy atom. The molecule has 1 N–H and O–H groups in total. The second-order valence-electron chi connectivity index (χ2n) is 7.06. The third-order valence-corrected chi connectivity index (χ3v) is 5.14. The minimum Gasteiger partial charge on any atom is -0.324 e. The van der Waals surface area contributed by atoms with Crippen molar-refractivity contribution >= 4 is 22.9 Å². The van der Waals surface area contributed by atoms with E-state index in [4.69, 9.17) is 4.98 Å². The molecule has 2 amide bonds. The molecule has 1 aliphatic rings. The summed E-state index contributed by atoms with van der Waals surface area (Å²) in [6.07, 6.45) is 2.70. The summed E-state index contributed by atoms with van der Waals surface area (Å²) in [5.74, 6) is 1.24. The molecule has 0 unspecified atom stereocenters. The Labute approximate surface area is 152 Å². The van der Waals surface area contributed by atoms with Crippen molar-refractivity contribution in [3.05, 3.63) is 53.5 Å². The minimum absolute atomic E-state index is 0.0434. The average Bonchev–Trinajstić information content (AvgIpc) is 3.24. The molecular weight excluding hydrogens is 326 g/mol. The van der Waals surface area contributed by atoms with Crippen LogP contribution in [0.1, 0.15) is 29.3 Å². The number of pyridine rings is 1. The molecule has 6 heteroatoms. The van der Waals surface area contributed by atoms with Gasteiger partial charge in [-0.2, -0.15) is 0 Å². The number of nitrogens with zero attached hydrogens (tertiary/aromatic N) is 4. The number of anilines is 1. The fourth-order valence-electron chi connectivity index (χ4n) is 3.63. The molecule has 134 valence electrons. The predicted molar refractivity (Wildman–Crippen MR) is 102 cm³/mol. The molecule has 1 saturated heterocycles. The maximum atomic E-state index is 12.7. The molecule has 1 atom stereocenters. The van der Waals surface area contributed by atoms with Crippen LogP contribution in [0.15, 0.2) is 36.5 Å². The van der Waals surface area contributed by atoms with Crippen LogP contribution in [0.3, 0.4) is 0 Å². The van der Waals surface area contributed by atoms with Crippen LogP contribution in [-0.2, 0) is 7.05 Å². The number of imidazole rings is 1. The summed E-state index contributed by atoms with van der Waals surface area (Å²) in [4.78, 5) is 23.7. The lowest BCUT2D eigenvalue weighted by Crippen LogP contribution is -2.33. The predicted octanol–water partition coefficient (Wildman–Crippen LogP) is 3.61. The van der Waals surface area contributed by atoms with Gasteiger partial charge in [-0.1, -0.05) is 12.1 Å². The highest BCUT2D eigenvalue weighted by Gasteiger charge is 2.30. The maximum Gasteiger partial charge on any atom is 0.321 e. The fraction of sp³-hybridized carbons (Fsp3) is 0.350. The molecule has 6 nitrogen and oxygen atoms in total. The van der Waals surface area contributed by atoms with E-state index in [1.807, 2.05) is 54.6 Å². The van der Waals surface area contributed by atoms with Crippen LogP contribution >= 0.6 is 0 Å². The molecule has 1 aromatic carbocycles. The number of aryl methyl sites for hydroxylation is 3. The highest BCUT2D eigenvalue weighted by Crippen LogP contribution is 2.29. The molecule has 0 radical (unpaired) electrons. The minimum atomic E-state index is -0.0434. The zero-order valence-corrected chi connectivity index (χ0v) is 15.4. The van der Waals surface area contributed by atoms with Gasteiger partial charge in [0.15, 0.2) is 5.65 Å². The first-order valence-electron chi connectivity index (χ1n) is 8.93. The summed E-state index contributed by atoms with van der Waals surface area (Å²) in [5.41, 5.74) is 4.88. The van der Waals surface area contributed by atoms with Crippen LogP contribution in [0, 0.1) is 13.8 Å². The molecule has 1 aliphatic heterocycles. The number of hydrogen-bond donors (Lipinski definition) is 1. The second kappa shape index (κ2) is 6.44. The summed E-state index contributed by atoms with van der Waals surface area (Å²) in [6, 6.07) is 9.93. The van der Waals surface area contributed by atoms with Gasteiger partial charge in [-0.3, -0.25) is 0 Å². The topological polar surface area (TPSA) is 63.1 Å². The van der Waals surface area contributed by atoms with Crippen LogP contribution in [0.4, 0.5) is 10.5 Å². The van der Waals surface area contributed by atoms with Crippen molar-refractivity contribution in [3.63, 3.8) is 0 Å². The van der Waals surface area contributed by atoms with Crippen LogP contribution < -0.4 is 5.32 Å². The van der Waals surface area contributed by atoms with E-state index in [0.29, 0.717) is 6.54 Å². The van der Waals surface area contributed by atoms with Gasteiger partial charge in [-0.05, 0) is 49.6 Å². The van der Waals surface area contributed by atoms with E-state index in [1.165, 1.54) is 0 Å². The van der Waals surface area contributed by atoms with E-state index in [2.05, 4.69) is 16.4 Å². The molecule has 4 rings (SSSR count). The van der Waals surface area contributed by atoms with Gasteiger partial charge in [-0.15, -0.1) is 0 Å². The molecule has 0 spiro atoms. The van der Waals surface area contributed by atoms with Gasteiger partial charge in [0.1, 0.15) is 11.3 Å². The number of amides is 2. The van der Waals surface area contributed by atoms with Crippen molar-refractivity contribution in [1.82, 2.24) is 19.4 Å². The second-order valence-corrected chi connectivity index (χ2v) is 7.06. The molecule has 2 aromatic heterocycles. The van der Waals surface area contributed by atoms with Crippen LogP contribution in [0.25, 0.3) is 11.2 Å². The van der Waals surface area contributed by atoms with Gasteiger partial charge in [0, 0.05) is 37.9 Å². The Kier molecular flexibility index (Phi) is 4.11. The molecule has 1 fully saturated rings. The Balaban J connectivity index is 1.50. The molecule has 0 aliphatic carbocycles. The zero-order valence-electron chi connectivity index (χ0n) is 15.4. The van der Waals surface area contributed by atoms with Crippen LogP contribution in [0.2, 0.25) is 0 Å². The summed E-state index contributed by atoms with van der Waals surface area (Å²) in [6.45, 7) is 5.45. The number of urea groups is 1. The first-order chi connectivity index (χ1) is 12.5. The van der Waals surface area contributed by atoms with Crippen LogP contribution in [0.5, 0.6) is 0 Å². The smallest absolute Gasteiger partial charge is 0.321 e. The van der Waals surface area contributed by atoms with E-state index in [-0.39, 0.29) is 11.9 Å². The average molecular weight is 349 g/mol. The summed E-state index contributed by atoms with van der Waals surface area (Å²) >= 11 is 0. The van der Waals surface area contributed by atoms with Gasteiger partial charge in [0.25, 0.3) is 0 Å². The normalized spacial score (nSPS) is 17.0. The number of likely N-dealkylation sites (tertiary alicyclic amines) is 1. The first kappa shape index (κ1) is 16.6. The van der Waals surface area contributed by atoms with Crippen molar-refractivity contribution in [2.75, 3.05) is 18.4 Å². The molecule has 3 heterocycles. The quantitative estimate of drug-likeness (QED) is 0.769. The van der Waals surface area contributed by atoms with Gasteiger partial charge < -0.3 is 14.8 Å². The molecule has 0 saturated carbocycles. The van der Waals surface area contributed by atoms with Crippen molar-refractivity contribution in [1.29, 1.82) is 0 Å². The highest BCUT2D eigenvalue weighted by molar-refractivity contribution is 5.90. The first-order valence-corrected chi connectivity index (χ1v) is 8.93. The largest absolute Gasteiger partial charge is 0.324 e. The van der Waals surface area contributed by atoms with Crippen molar-refractivity contribution in [2.45, 2.75) is 26.2 Å². The maximum absolute atomic E-state index is 12.7. The van der Waals surface area contributed by atoms with E-state index >= 15 is 0 Å². The SMILES string of the molecule is Cc1ccc(C)c(NC(=O)N2CC[C@H](c3nc4cccnc4n3C)C2)c1. The van der Waals surface area contributed by atoms with Gasteiger partial charge >= 0.3 is 6.03 Å². The number of fused-ring (bicyclic) bond motifs is 1. The number of nitrogens with one attached hydrogen (secondary N) is 1. The van der Waals surface area contributed by atoms with Crippen molar-refractivity contribution in [3.8, 4) is 0 Å². The van der Waals surface area contributed by atoms with Gasteiger partial charge in [0.05, 0.1) is 0 Å². The Bertz CT molecular complexity index is 977. The third-order valence-electron chi connectivity index (χ3n) is 5.14. The lowest BCUT2D eigenvalue weighted by atomic mass is 10.1. The molecule has 26 heavy (non-hydrogen) atoms. The van der Waals surface area contributed by atoms with Gasteiger partial charge in [-0.25, -0.2) is 14.8 Å². The van der Waals surface area contributed by atoms with Crippen molar-refractivity contribution in [2.24, 2.45) is 7.05 Å². The fourth-order valence-corrected chi connectivity index (χ4v) is 3.63. The lowest BCUT2D eigenvalue weighted by Gasteiger charge is -2.18. The lowest BCUT2D eigenvalue weighted by molar-refractivity contribution is 0.222. The number of hydrogen-bond acceptors (Lipinski definition) is 3. The number of benzene rings is 1. The van der Waals surface area contributed by atoms with E-state index < -0.39 is 0 Å². The highest BCUT2D eigenvalue weighted by atomic mass is 16.2. The number of aromatic nitrogens is 3. The molecule has 3 aromatic rings. The van der Waals surface area contributed by atoms with E-state index in [1.54, 1.807) is 6.20 Å². The number of carbonyl (C=O) groups excluding carboxylic acids is 1. The zero-order chi connectivity index (χ0) is 18.3. The van der Waals surface area contributed by atoms with E-state index in [9.17, 15) is 4.79 Å². The van der Waals surface area contributed by atoms with Crippen LogP contribution in [-0.4, -0.2) is 38.6 Å². The standard InChI is InChI=1S/C20H23N5O/c1-13-6-7-14(2)17(11-13)23-20(26)25-10-8-15(12-25)18-22-16-5-4-9-21-19(16)24(18)3/h4-7,9,11,15H,8,10,12H2,1-3H3,(H,23,26)/t15-/m0/s1.